The molecule has 1 amide bonds. The average molecular weight is 418 g/mol. The molecule has 1 unspecified atom stereocenters. The Morgan fingerprint density at radius 1 is 1.21 bits per heavy atom. The van der Waals surface area contributed by atoms with Gasteiger partial charge in [0.05, 0.1) is 17.6 Å². The smallest absolute Gasteiger partial charge is 0.255 e. The quantitative estimate of drug-likeness (QED) is 0.719. The van der Waals surface area contributed by atoms with Crippen molar-refractivity contribution in [3.05, 3.63) is 59.7 Å². The minimum Gasteiger partial charge on any atom is -0.496 e. The molecule has 1 aliphatic rings. The minimum atomic E-state index is -3.91. The zero-order valence-electron chi connectivity index (χ0n) is 16.5. The number of methoxy groups -OCH3 is 1. The number of nitrogens with one attached hydrogen (secondary N) is 1. The molecule has 3 N–H and O–H groups in total. The molecule has 156 valence electrons. The lowest BCUT2D eigenvalue weighted by molar-refractivity contribution is 0.0904. The highest BCUT2D eigenvalue weighted by Gasteiger charge is 2.24. The van der Waals surface area contributed by atoms with Gasteiger partial charge in [-0.2, -0.15) is 0 Å². The molecule has 1 atom stereocenters. The van der Waals surface area contributed by atoms with E-state index in [4.69, 9.17) is 9.88 Å². The Bertz CT molecular complexity index is 948. The molecule has 29 heavy (non-hydrogen) atoms. The molecule has 1 saturated heterocycles. The zero-order valence-corrected chi connectivity index (χ0v) is 17.3. The summed E-state index contributed by atoms with van der Waals surface area (Å²) in [6.45, 7) is 2.31. The van der Waals surface area contributed by atoms with Gasteiger partial charge in [-0.1, -0.05) is 36.8 Å². The van der Waals surface area contributed by atoms with Gasteiger partial charge in [0.15, 0.2) is 0 Å². The number of rotatable bonds is 7. The van der Waals surface area contributed by atoms with Gasteiger partial charge in [-0.05, 0) is 43.1 Å². The van der Waals surface area contributed by atoms with Gasteiger partial charge in [0.2, 0.25) is 10.0 Å². The third kappa shape index (κ3) is 5.56. The van der Waals surface area contributed by atoms with Crippen molar-refractivity contribution in [2.45, 2.75) is 36.7 Å². The van der Waals surface area contributed by atoms with E-state index in [2.05, 4.69) is 22.3 Å². The maximum Gasteiger partial charge on any atom is 0.255 e. The summed E-state index contributed by atoms with van der Waals surface area (Å²) in [6, 6.07) is 14.5. The number of carbonyl (C=O) groups is 1. The molecule has 0 aliphatic carbocycles. The van der Waals surface area contributed by atoms with Gasteiger partial charge >= 0.3 is 0 Å². The third-order valence-electron chi connectivity index (χ3n) is 5.22. The van der Waals surface area contributed by atoms with Gasteiger partial charge in [-0.3, -0.25) is 9.69 Å². The minimum absolute atomic E-state index is 0.119. The van der Waals surface area contributed by atoms with Crippen LogP contribution in [0.4, 0.5) is 0 Å². The second kappa shape index (κ2) is 9.39. The van der Waals surface area contributed by atoms with Crippen molar-refractivity contribution in [1.29, 1.82) is 0 Å². The molecule has 2 aromatic rings. The van der Waals surface area contributed by atoms with E-state index in [0.29, 0.717) is 12.3 Å². The van der Waals surface area contributed by atoms with Crippen LogP contribution in [0, 0.1) is 0 Å². The van der Waals surface area contributed by atoms with Crippen LogP contribution in [0.1, 0.15) is 35.2 Å². The standard InChI is InChI=1S/C21H27N3O4S/c1-28-20-11-10-18(29(22,26)27)13-19(20)21(25)23-14-17-9-5-6-12-24(17)15-16-7-3-2-4-8-16/h2-4,7-8,10-11,13,17H,5-6,9,12,14-15H2,1H3,(H,23,25)(H2,22,26,27). The SMILES string of the molecule is COc1ccc(S(N)(=O)=O)cc1C(=O)NCC1CCCCN1Cc1ccccc1. The fourth-order valence-electron chi connectivity index (χ4n) is 3.66. The molecule has 1 heterocycles. The van der Waals surface area contributed by atoms with E-state index < -0.39 is 10.0 Å². The number of hydrogen-bond donors (Lipinski definition) is 2. The van der Waals surface area contributed by atoms with Crippen molar-refractivity contribution >= 4 is 15.9 Å². The molecule has 2 aromatic carbocycles. The summed E-state index contributed by atoms with van der Waals surface area (Å²) < 4.78 is 28.5. The Balaban J connectivity index is 1.70. The highest BCUT2D eigenvalue weighted by molar-refractivity contribution is 7.89. The number of piperidine rings is 1. The first kappa shape index (κ1) is 21.3. The van der Waals surface area contributed by atoms with E-state index in [0.717, 1.165) is 32.4 Å². The Morgan fingerprint density at radius 2 is 1.97 bits per heavy atom. The van der Waals surface area contributed by atoms with E-state index in [-0.39, 0.29) is 22.4 Å². The van der Waals surface area contributed by atoms with E-state index in [9.17, 15) is 13.2 Å². The number of carbonyl (C=O) groups excluding carboxylic acids is 1. The number of amides is 1. The second-order valence-corrected chi connectivity index (χ2v) is 8.78. The number of sulfonamides is 1. The van der Waals surface area contributed by atoms with Crippen LogP contribution in [-0.4, -0.2) is 45.5 Å². The molecule has 3 rings (SSSR count). The summed E-state index contributed by atoms with van der Waals surface area (Å²) in [7, 11) is -2.47. The molecule has 1 fully saturated rings. The van der Waals surface area contributed by atoms with Crippen molar-refractivity contribution < 1.29 is 17.9 Å². The van der Waals surface area contributed by atoms with Crippen LogP contribution < -0.4 is 15.2 Å². The molecule has 1 aliphatic heterocycles. The van der Waals surface area contributed by atoms with Crippen molar-refractivity contribution in [1.82, 2.24) is 10.2 Å². The predicted molar refractivity (Wildman–Crippen MR) is 111 cm³/mol. The van der Waals surface area contributed by atoms with E-state index >= 15 is 0 Å². The molecule has 0 aromatic heterocycles. The van der Waals surface area contributed by atoms with Gasteiger partial charge in [-0.25, -0.2) is 13.6 Å². The molecular weight excluding hydrogens is 390 g/mol. The lowest BCUT2D eigenvalue weighted by atomic mass is 10.0. The lowest BCUT2D eigenvalue weighted by Crippen LogP contribution is -2.46. The highest BCUT2D eigenvalue weighted by Crippen LogP contribution is 2.23. The Hall–Kier alpha value is -2.42. The molecule has 0 bridgehead atoms. The van der Waals surface area contributed by atoms with Gasteiger partial charge in [-0.15, -0.1) is 0 Å². The number of hydrogen-bond acceptors (Lipinski definition) is 5. The number of primary sulfonamides is 1. The van der Waals surface area contributed by atoms with Crippen molar-refractivity contribution in [2.24, 2.45) is 5.14 Å². The Morgan fingerprint density at radius 3 is 2.66 bits per heavy atom. The van der Waals surface area contributed by atoms with E-state index in [1.165, 1.54) is 30.9 Å². The van der Waals surface area contributed by atoms with Crippen LogP contribution in [0.25, 0.3) is 0 Å². The summed E-state index contributed by atoms with van der Waals surface area (Å²) in [5, 5.41) is 8.13. The summed E-state index contributed by atoms with van der Waals surface area (Å²) in [4.78, 5) is 15.0. The predicted octanol–water partition coefficient (Wildman–Crippen LogP) is 2.13. The fourth-order valence-corrected chi connectivity index (χ4v) is 4.20. The zero-order chi connectivity index (χ0) is 20.9. The largest absolute Gasteiger partial charge is 0.496 e. The van der Waals surface area contributed by atoms with Crippen molar-refractivity contribution in [2.75, 3.05) is 20.2 Å². The van der Waals surface area contributed by atoms with Crippen LogP contribution in [0.3, 0.4) is 0 Å². The Kier molecular flexibility index (Phi) is 6.89. The summed E-state index contributed by atoms with van der Waals surface area (Å²) in [5.41, 5.74) is 1.40. The first-order valence-electron chi connectivity index (χ1n) is 9.65. The number of nitrogens with two attached hydrogens (primary N) is 1. The molecule has 8 heteroatoms. The summed E-state index contributed by atoms with van der Waals surface area (Å²) >= 11 is 0. The monoisotopic (exact) mass is 417 g/mol. The van der Waals surface area contributed by atoms with Gasteiger partial charge in [0.25, 0.3) is 5.91 Å². The molecular formula is C21H27N3O4S. The molecule has 0 radical (unpaired) electrons. The van der Waals surface area contributed by atoms with Crippen molar-refractivity contribution in [3.63, 3.8) is 0 Å². The first-order chi connectivity index (χ1) is 13.9. The Labute approximate surface area is 171 Å². The van der Waals surface area contributed by atoms with E-state index in [1.807, 2.05) is 18.2 Å². The summed E-state index contributed by atoms with van der Waals surface area (Å²) in [6.07, 6.45) is 3.26. The van der Waals surface area contributed by atoms with Crippen LogP contribution in [-0.2, 0) is 16.6 Å². The summed E-state index contributed by atoms with van der Waals surface area (Å²) in [5.74, 6) is -0.0720. The highest BCUT2D eigenvalue weighted by atomic mass is 32.2. The van der Waals surface area contributed by atoms with E-state index in [1.54, 1.807) is 0 Å². The van der Waals surface area contributed by atoms with Crippen LogP contribution in [0.15, 0.2) is 53.4 Å². The van der Waals surface area contributed by atoms with Crippen molar-refractivity contribution in [3.8, 4) is 5.75 Å². The van der Waals surface area contributed by atoms with Gasteiger partial charge in [0, 0.05) is 19.1 Å². The lowest BCUT2D eigenvalue weighted by Gasteiger charge is -2.36. The maximum atomic E-state index is 12.8. The molecule has 7 nitrogen and oxygen atoms in total. The third-order valence-corrected chi connectivity index (χ3v) is 6.13. The van der Waals surface area contributed by atoms with Gasteiger partial charge in [0.1, 0.15) is 5.75 Å². The average Bonchev–Trinajstić information content (AvgIpc) is 2.72. The van der Waals surface area contributed by atoms with Gasteiger partial charge < -0.3 is 10.1 Å². The van der Waals surface area contributed by atoms with Crippen LogP contribution in [0.2, 0.25) is 0 Å². The number of benzene rings is 2. The first-order valence-corrected chi connectivity index (χ1v) is 11.2. The fraction of sp³-hybridized carbons (Fsp3) is 0.381. The number of likely N-dealkylation sites (tertiary alicyclic amines) is 1. The normalized spacial score (nSPS) is 17.7. The molecule has 0 spiro atoms. The number of ether oxygens (including phenoxy) is 1. The number of nitrogens with zero attached hydrogens (tertiary/aromatic N) is 1. The molecule has 0 saturated carbocycles. The maximum absolute atomic E-state index is 12.8. The second-order valence-electron chi connectivity index (χ2n) is 7.22. The van der Waals surface area contributed by atoms with Crippen LogP contribution >= 0.6 is 0 Å². The van der Waals surface area contributed by atoms with Crippen LogP contribution in [0.5, 0.6) is 5.75 Å². The topological polar surface area (TPSA) is 102 Å².